The van der Waals surface area contributed by atoms with Gasteiger partial charge in [0.2, 0.25) is 0 Å². The van der Waals surface area contributed by atoms with Crippen LogP contribution in [0.25, 0.3) is 10.1 Å². The van der Waals surface area contributed by atoms with E-state index >= 15 is 0 Å². The summed E-state index contributed by atoms with van der Waals surface area (Å²) in [5.74, 6) is -0.358. The molecule has 0 fully saturated rings. The van der Waals surface area contributed by atoms with Crippen molar-refractivity contribution in [2.24, 2.45) is 0 Å². The summed E-state index contributed by atoms with van der Waals surface area (Å²) in [6, 6.07) is 12.4. The topological polar surface area (TPSA) is 20.2 Å². The average molecular weight is 337 g/mol. The van der Waals surface area contributed by atoms with E-state index in [9.17, 15) is 9.50 Å². The maximum absolute atomic E-state index is 13.4. The molecule has 0 saturated carbocycles. The lowest BCUT2D eigenvalue weighted by Crippen LogP contribution is -1.99. The van der Waals surface area contributed by atoms with Crippen LogP contribution in [-0.2, 0) is 0 Å². The van der Waals surface area contributed by atoms with Crippen LogP contribution in [-0.4, -0.2) is 5.11 Å². The quantitative estimate of drug-likeness (QED) is 0.706. The summed E-state index contributed by atoms with van der Waals surface area (Å²) >= 11 is 4.83. The first-order chi connectivity index (χ1) is 9.15. The summed E-state index contributed by atoms with van der Waals surface area (Å²) < 4.78 is 15.1. The Morgan fingerprint density at radius 2 is 1.95 bits per heavy atom. The van der Waals surface area contributed by atoms with E-state index in [2.05, 4.69) is 15.9 Å². The van der Waals surface area contributed by atoms with Crippen molar-refractivity contribution < 1.29 is 9.50 Å². The van der Waals surface area contributed by atoms with Gasteiger partial charge in [0, 0.05) is 14.7 Å². The molecule has 4 heteroatoms. The van der Waals surface area contributed by atoms with Gasteiger partial charge in [-0.1, -0.05) is 34.1 Å². The zero-order valence-electron chi connectivity index (χ0n) is 9.81. The standard InChI is InChI=1S/C15H10BrFOS/c16-10-5-9(6-11(17)7-10)15(18)13-8-19-14-4-2-1-3-12(13)14/h1-8,15,18H. The molecule has 1 atom stereocenters. The van der Waals surface area contributed by atoms with Crippen molar-refractivity contribution in [1.29, 1.82) is 0 Å². The minimum Gasteiger partial charge on any atom is -0.384 e. The van der Waals surface area contributed by atoms with Gasteiger partial charge in [-0.05, 0) is 40.6 Å². The van der Waals surface area contributed by atoms with Gasteiger partial charge in [-0.25, -0.2) is 4.39 Å². The third kappa shape index (κ3) is 2.43. The van der Waals surface area contributed by atoms with Crippen LogP contribution in [0.5, 0.6) is 0 Å². The van der Waals surface area contributed by atoms with Crippen molar-refractivity contribution in [3.8, 4) is 0 Å². The molecule has 1 aromatic heterocycles. The molecule has 0 radical (unpaired) electrons. The van der Waals surface area contributed by atoms with E-state index < -0.39 is 6.10 Å². The lowest BCUT2D eigenvalue weighted by Gasteiger charge is -2.11. The van der Waals surface area contributed by atoms with E-state index in [1.165, 1.54) is 12.1 Å². The van der Waals surface area contributed by atoms with Crippen molar-refractivity contribution >= 4 is 37.4 Å². The number of thiophene rings is 1. The zero-order chi connectivity index (χ0) is 13.4. The smallest absolute Gasteiger partial charge is 0.124 e. The van der Waals surface area contributed by atoms with Gasteiger partial charge < -0.3 is 5.11 Å². The number of aliphatic hydroxyl groups is 1. The van der Waals surface area contributed by atoms with E-state index in [4.69, 9.17) is 0 Å². The molecule has 0 spiro atoms. The van der Waals surface area contributed by atoms with Gasteiger partial charge in [0.05, 0.1) is 0 Å². The largest absolute Gasteiger partial charge is 0.384 e. The highest BCUT2D eigenvalue weighted by molar-refractivity contribution is 9.10. The number of hydrogen-bond donors (Lipinski definition) is 1. The Balaban J connectivity index is 2.10. The molecule has 0 bridgehead atoms. The Kier molecular flexibility index (Phi) is 3.39. The van der Waals surface area contributed by atoms with Crippen LogP contribution in [0.2, 0.25) is 0 Å². The molecule has 96 valence electrons. The SMILES string of the molecule is OC(c1cc(F)cc(Br)c1)c1csc2ccccc12. The normalized spacial score (nSPS) is 12.8. The summed E-state index contributed by atoms with van der Waals surface area (Å²) in [5, 5.41) is 13.4. The monoisotopic (exact) mass is 336 g/mol. The number of hydrogen-bond acceptors (Lipinski definition) is 2. The van der Waals surface area contributed by atoms with Gasteiger partial charge in [-0.2, -0.15) is 0 Å². The van der Waals surface area contributed by atoms with E-state index in [1.54, 1.807) is 17.4 Å². The first-order valence-electron chi connectivity index (χ1n) is 5.75. The third-order valence-electron chi connectivity index (χ3n) is 3.01. The average Bonchev–Trinajstić information content (AvgIpc) is 2.80. The molecule has 0 aliphatic rings. The van der Waals surface area contributed by atoms with E-state index in [-0.39, 0.29) is 5.82 Å². The molecule has 2 aromatic carbocycles. The summed E-state index contributed by atoms with van der Waals surface area (Å²) in [6.45, 7) is 0. The molecule has 3 aromatic rings. The second kappa shape index (κ2) is 5.04. The highest BCUT2D eigenvalue weighted by Gasteiger charge is 2.16. The van der Waals surface area contributed by atoms with Crippen LogP contribution >= 0.6 is 27.3 Å². The lowest BCUT2D eigenvalue weighted by molar-refractivity contribution is 0.221. The summed E-state index contributed by atoms with van der Waals surface area (Å²) in [7, 11) is 0. The number of fused-ring (bicyclic) bond motifs is 1. The first kappa shape index (κ1) is 12.8. The highest BCUT2D eigenvalue weighted by atomic mass is 79.9. The van der Waals surface area contributed by atoms with Crippen LogP contribution in [0, 0.1) is 5.82 Å². The predicted molar refractivity (Wildman–Crippen MR) is 80.0 cm³/mol. The minimum absolute atomic E-state index is 0.358. The number of benzene rings is 2. The molecule has 19 heavy (non-hydrogen) atoms. The third-order valence-corrected chi connectivity index (χ3v) is 4.45. The zero-order valence-corrected chi connectivity index (χ0v) is 12.2. The molecule has 0 aliphatic carbocycles. The predicted octanol–water partition coefficient (Wildman–Crippen LogP) is 4.88. The van der Waals surface area contributed by atoms with Crippen LogP contribution in [0.1, 0.15) is 17.2 Å². The molecule has 0 saturated heterocycles. The van der Waals surface area contributed by atoms with Gasteiger partial charge in [0.15, 0.2) is 0 Å². The minimum atomic E-state index is -0.817. The maximum atomic E-state index is 13.4. The number of rotatable bonds is 2. The molecular formula is C15H10BrFOS. The molecular weight excluding hydrogens is 327 g/mol. The first-order valence-corrected chi connectivity index (χ1v) is 7.42. The van der Waals surface area contributed by atoms with Gasteiger partial charge in [-0.15, -0.1) is 11.3 Å². The van der Waals surface area contributed by atoms with Crippen LogP contribution in [0.3, 0.4) is 0 Å². The van der Waals surface area contributed by atoms with E-state index in [0.717, 1.165) is 15.6 Å². The summed E-state index contributed by atoms with van der Waals surface area (Å²) in [4.78, 5) is 0. The molecule has 1 nitrogen and oxygen atoms in total. The molecule has 0 amide bonds. The Hall–Kier alpha value is -1.23. The van der Waals surface area contributed by atoms with Crippen molar-refractivity contribution in [1.82, 2.24) is 0 Å². The fourth-order valence-corrected chi connectivity index (χ4v) is 3.59. The van der Waals surface area contributed by atoms with Crippen molar-refractivity contribution in [2.75, 3.05) is 0 Å². The number of halogens is 2. The molecule has 1 unspecified atom stereocenters. The van der Waals surface area contributed by atoms with Gasteiger partial charge in [0.25, 0.3) is 0 Å². The van der Waals surface area contributed by atoms with Gasteiger partial charge in [0.1, 0.15) is 11.9 Å². The maximum Gasteiger partial charge on any atom is 0.124 e. The highest BCUT2D eigenvalue weighted by Crippen LogP contribution is 2.34. The van der Waals surface area contributed by atoms with E-state index in [1.807, 2.05) is 29.6 Å². The van der Waals surface area contributed by atoms with Crippen LogP contribution < -0.4 is 0 Å². The second-order valence-corrected chi connectivity index (χ2v) is 6.12. The van der Waals surface area contributed by atoms with Crippen molar-refractivity contribution in [3.05, 3.63) is 69.3 Å². The van der Waals surface area contributed by atoms with Gasteiger partial charge in [-0.3, -0.25) is 0 Å². The van der Waals surface area contributed by atoms with Crippen molar-refractivity contribution in [3.63, 3.8) is 0 Å². The molecule has 1 N–H and O–H groups in total. The number of aliphatic hydroxyl groups excluding tert-OH is 1. The molecule has 1 heterocycles. The van der Waals surface area contributed by atoms with E-state index in [0.29, 0.717) is 10.0 Å². The summed E-state index contributed by atoms with van der Waals surface area (Å²) in [6.07, 6.45) is -0.817. The van der Waals surface area contributed by atoms with Crippen molar-refractivity contribution in [2.45, 2.75) is 6.10 Å². The summed E-state index contributed by atoms with van der Waals surface area (Å²) in [5.41, 5.74) is 1.37. The fraction of sp³-hybridized carbons (Fsp3) is 0.0667. The van der Waals surface area contributed by atoms with Gasteiger partial charge >= 0.3 is 0 Å². The lowest BCUT2D eigenvalue weighted by atomic mass is 10.0. The Morgan fingerprint density at radius 3 is 2.74 bits per heavy atom. The second-order valence-electron chi connectivity index (χ2n) is 4.29. The molecule has 3 rings (SSSR count). The Labute approximate surface area is 122 Å². The Morgan fingerprint density at radius 1 is 1.16 bits per heavy atom. The fourth-order valence-electron chi connectivity index (χ4n) is 2.12. The molecule has 0 aliphatic heterocycles. The Bertz CT molecular complexity index is 718. The van der Waals surface area contributed by atoms with Crippen LogP contribution in [0.15, 0.2) is 52.3 Å². The van der Waals surface area contributed by atoms with Crippen LogP contribution in [0.4, 0.5) is 4.39 Å².